The minimum atomic E-state index is -0.242. The Morgan fingerprint density at radius 2 is 1.68 bits per heavy atom. The zero-order chi connectivity index (χ0) is 15.6. The van der Waals surface area contributed by atoms with Crippen molar-refractivity contribution >= 4 is 24.2 Å². The number of carbonyl (C=O) groups excluding carboxylic acids is 2. The summed E-state index contributed by atoms with van der Waals surface area (Å²) >= 11 is 0. The predicted octanol–water partition coefficient (Wildman–Crippen LogP) is 1.79. The van der Waals surface area contributed by atoms with Gasteiger partial charge >= 0.3 is 0 Å². The molecule has 2 rings (SSSR count). The van der Waals surface area contributed by atoms with Crippen LogP contribution in [-0.2, 0) is 9.59 Å². The lowest BCUT2D eigenvalue weighted by molar-refractivity contribution is -0.145. The molecule has 2 amide bonds. The van der Waals surface area contributed by atoms with Crippen LogP contribution in [0.25, 0.3) is 0 Å². The topological polar surface area (TPSA) is 66.6 Å². The van der Waals surface area contributed by atoms with Crippen LogP contribution in [0.4, 0.5) is 0 Å². The molecule has 0 aromatic heterocycles. The van der Waals surface area contributed by atoms with E-state index in [9.17, 15) is 9.59 Å². The number of nitrogens with two attached hydrogens (primary N) is 1. The summed E-state index contributed by atoms with van der Waals surface area (Å²) in [4.78, 5) is 28.8. The first-order valence-electron chi connectivity index (χ1n) is 8.12. The second-order valence-electron chi connectivity index (χ2n) is 7.65. The van der Waals surface area contributed by atoms with E-state index in [0.717, 1.165) is 45.3 Å². The molecule has 0 spiro atoms. The number of carbonyl (C=O) groups is 2. The van der Waals surface area contributed by atoms with E-state index >= 15 is 0 Å². The number of halogens is 1. The number of amides is 2. The third-order valence-corrected chi connectivity index (χ3v) is 4.39. The third kappa shape index (κ3) is 4.85. The van der Waals surface area contributed by atoms with E-state index < -0.39 is 0 Å². The van der Waals surface area contributed by atoms with Crippen LogP contribution in [0, 0.1) is 5.41 Å². The predicted molar refractivity (Wildman–Crippen MR) is 89.8 cm³/mol. The molecule has 2 N–H and O–H groups in total. The highest BCUT2D eigenvalue weighted by Gasteiger charge is 2.37. The minimum Gasteiger partial charge on any atom is -0.341 e. The van der Waals surface area contributed by atoms with Crippen LogP contribution in [0.15, 0.2) is 0 Å². The van der Waals surface area contributed by atoms with Crippen molar-refractivity contribution in [3.63, 3.8) is 0 Å². The van der Waals surface area contributed by atoms with Crippen LogP contribution < -0.4 is 5.73 Å². The molecule has 6 heteroatoms. The molecule has 2 heterocycles. The van der Waals surface area contributed by atoms with Crippen LogP contribution in [0.2, 0.25) is 0 Å². The van der Waals surface area contributed by atoms with Gasteiger partial charge in [-0.15, -0.1) is 12.4 Å². The highest BCUT2D eigenvalue weighted by molar-refractivity contribution is 5.88. The second kappa shape index (κ2) is 7.64. The molecule has 0 aromatic carbocycles. The zero-order valence-corrected chi connectivity index (χ0v) is 14.8. The van der Waals surface area contributed by atoms with Crippen LogP contribution in [0.1, 0.15) is 52.9 Å². The molecule has 0 saturated carbocycles. The Hall–Kier alpha value is -0.810. The third-order valence-electron chi connectivity index (χ3n) is 4.39. The Bertz CT molecular complexity index is 401. The Balaban J connectivity index is 0.00000242. The molecule has 22 heavy (non-hydrogen) atoms. The number of hydrogen-bond acceptors (Lipinski definition) is 3. The van der Waals surface area contributed by atoms with Gasteiger partial charge in [0.05, 0.1) is 0 Å². The molecule has 0 aliphatic carbocycles. The summed E-state index contributed by atoms with van der Waals surface area (Å²) in [5.74, 6) is 0.244. The van der Waals surface area contributed by atoms with Crippen molar-refractivity contribution in [2.24, 2.45) is 11.1 Å². The standard InChI is InChI=1S/C16H29N3O2.ClH/c1-16(2,3)11-14(20)19-8-4-5-13(19)15(21)18-9-6-12(17)7-10-18;/h12-13H,4-11,17H2,1-3H3;1H. The Kier molecular flexibility index (Phi) is 6.68. The summed E-state index contributed by atoms with van der Waals surface area (Å²) in [5, 5.41) is 0. The van der Waals surface area contributed by atoms with Gasteiger partial charge in [0.1, 0.15) is 6.04 Å². The van der Waals surface area contributed by atoms with Crippen molar-refractivity contribution in [2.75, 3.05) is 19.6 Å². The molecule has 0 radical (unpaired) electrons. The zero-order valence-electron chi connectivity index (χ0n) is 14.0. The fraction of sp³-hybridized carbons (Fsp3) is 0.875. The molecular formula is C16H30ClN3O2. The van der Waals surface area contributed by atoms with Gasteiger partial charge in [-0.2, -0.15) is 0 Å². The molecule has 0 aromatic rings. The van der Waals surface area contributed by atoms with Crippen molar-refractivity contribution in [1.82, 2.24) is 9.80 Å². The average molecular weight is 332 g/mol. The first-order chi connectivity index (χ1) is 9.78. The molecule has 0 bridgehead atoms. The Morgan fingerprint density at radius 1 is 1.09 bits per heavy atom. The van der Waals surface area contributed by atoms with E-state index in [0.29, 0.717) is 6.42 Å². The largest absolute Gasteiger partial charge is 0.341 e. The molecule has 5 nitrogen and oxygen atoms in total. The number of likely N-dealkylation sites (tertiary alicyclic amines) is 2. The van der Waals surface area contributed by atoms with E-state index in [1.807, 2.05) is 9.80 Å². The monoisotopic (exact) mass is 331 g/mol. The summed E-state index contributed by atoms with van der Waals surface area (Å²) in [7, 11) is 0. The molecule has 2 aliphatic heterocycles. The maximum atomic E-state index is 12.7. The lowest BCUT2D eigenvalue weighted by atomic mass is 9.91. The van der Waals surface area contributed by atoms with Crippen LogP contribution in [0.3, 0.4) is 0 Å². The lowest BCUT2D eigenvalue weighted by Crippen LogP contribution is -2.51. The van der Waals surface area contributed by atoms with Crippen LogP contribution in [0.5, 0.6) is 0 Å². The Labute approximate surface area is 140 Å². The normalized spacial score (nSPS) is 23.4. The van der Waals surface area contributed by atoms with Gasteiger partial charge in [-0.3, -0.25) is 9.59 Å². The molecule has 2 aliphatic rings. The highest BCUT2D eigenvalue weighted by Crippen LogP contribution is 2.26. The van der Waals surface area contributed by atoms with E-state index in [1.54, 1.807) is 0 Å². The van der Waals surface area contributed by atoms with Crippen molar-refractivity contribution in [3.8, 4) is 0 Å². The van der Waals surface area contributed by atoms with Crippen LogP contribution >= 0.6 is 12.4 Å². The molecular weight excluding hydrogens is 302 g/mol. The minimum absolute atomic E-state index is 0. The Morgan fingerprint density at radius 3 is 2.23 bits per heavy atom. The fourth-order valence-electron chi connectivity index (χ4n) is 3.21. The summed E-state index contributed by atoms with van der Waals surface area (Å²) in [6.45, 7) is 8.37. The van der Waals surface area contributed by atoms with E-state index in [4.69, 9.17) is 5.73 Å². The van der Waals surface area contributed by atoms with Crippen molar-refractivity contribution in [3.05, 3.63) is 0 Å². The van der Waals surface area contributed by atoms with Gasteiger partial charge in [0, 0.05) is 32.1 Å². The molecule has 1 atom stereocenters. The van der Waals surface area contributed by atoms with Crippen molar-refractivity contribution < 1.29 is 9.59 Å². The van der Waals surface area contributed by atoms with Crippen molar-refractivity contribution in [2.45, 2.75) is 65.0 Å². The number of piperidine rings is 1. The van der Waals surface area contributed by atoms with Gasteiger partial charge in [-0.25, -0.2) is 0 Å². The maximum absolute atomic E-state index is 12.7. The van der Waals surface area contributed by atoms with E-state index in [2.05, 4.69) is 20.8 Å². The maximum Gasteiger partial charge on any atom is 0.245 e. The summed E-state index contributed by atoms with van der Waals surface area (Å²) < 4.78 is 0. The average Bonchev–Trinajstić information content (AvgIpc) is 2.86. The SMILES string of the molecule is CC(C)(C)CC(=O)N1CCCC1C(=O)N1CCC(N)CC1.Cl. The van der Waals surface area contributed by atoms with E-state index in [1.165, 1.54) is 0 Å². The summed E-state index contributed by atoms with van der Waals surface area (Å²) in [6, 6.07) is -0.0228. The quantitative estimate of drug-likeness (QED) is 0.838. The second-order valence-corrected chi connectivity index (χ2v) is 7.65. The number of nitrogens with zero attached hydrogens (tertiary/aromatic N) is 2. The molecule has 128 valence electrons. The number of rotatable bonds is 2. The molecule has 2 saturated heterocycles. The highest BCUT2D eigenvalue weighted by atomic mass is 35.5. The van der Waals surface area contributed by atoms with Gasteiger partial charge < -0.3 is 15.5 Å². The summed E-state index contributed by atoms with van der Waals surface area (Å²) in [6.07, 6.45) is 3.97. The van der Waals surface area contributed by atoms with Crippen molar-refractivity contribution in [1.29, 1.82) is 0 Å². The summed E-state index contributed by atoms with van der Waals surface area (Å²) in [5.41, 5.74) is 5.86. The first kappa shape index (κ1) is 19.2. The molecule has 1 unspecified atom stereocenters. The van der Waals surface area contributed by atoms with Gasteiger partial charge in [-0.05, 0) is 31.1 Å². The van der Waals surface area contributed by atoms with Gasteiger partial charge in [0.25, 0.3) is 0 Å². The smallest absolute Gasteiger partial charge is 0.245 e. The van der Waals surface area contributed by atoms with Gasteiger partial charge in [0.15, 0.2) is 0 Å². The first-order valence-corrected chi connectivity index (χ1v) is 8.12. The van der Waals surface area contributed by atoms with Crippen LogP contribution in [-0.4, -0.2) is 53.3 Å². The fourth-order valence-corrected chi connectivity index (χ4v) is 3.21. The molecule has 2 fully saturated rings. The van der Waals surface area contributed by atoms with E-state index in [-0.39, 0.29) is 41.7 Å². The number of hydrogen-bond donors (Lipinski definition) is 1. The van der Waals surface area contributed by atoms with Gasteiger partial charge in [0.2, 0.25) is 11.8 Å². The lowest BCUT2D eigenvalue weighted by Gasteiger charge is -2.35. The van der Waals surface area contributed by atoms with Gasteiger partial charge in [-0.1, -0.05) is 20.8 Å².